The number of nitrogens with zero attached hydrogens (tertiary/aromatic N) is 2. The summed E-state index contributed by atoms with van der Waals surface area (Å²) in [6.07, 6.45) is -1.92. The standard InChI is InChI=1S/C27H22N2O4Si/c30-26(32-21-22-13-5-1-6-14-22)28-29-27(31)33-34(23-15-7-2-8-16-23,24-17-9-3-10-18-24)25-19-11-4-12-20-25/h1-20H,21H2. The third-order valence-electron chi connectivity index (χ3n) is 5.20. The highest BCUT2D eigenvalue weighted by molar-refractivity contribution is 7.07. The first-order valence-corrected chi connectivity index (χ1v) is 12.6. The van der Waals surface area contributed by atoms with Crippen LogP contribution in [0.2, 0.25) is 0 Å². The number of ether oxygens (including phenoxy) is 1. The number of hydrogen-bond acceptors (Lipinski definition) is 4. The molecule has 0 atom stereocenters. The molecule has 0 saturated carbocycles. The molecule has 2 amide bonds. The van der Waals surface area contributed by atoms with Crippen LogP contribution in [0.4, 0.5) is 9.59 Å². The molecule has 168 valence electrons. The average Bonchev–Trinajstić information content (AvgIpc) is 2.91. The Kier molecular flexibility index (Phi) is 7.37. The minimum absolute atomic E-state index is 0.0322. The van der Waals surface area contributed by atoms with Gasteiger partial charge in [0.25, 0.3) is 0 Å². The summed E-state index contributed by atoms with van der Waals surface area (Å²) in [4.78, 5) is 24.9. The zero-order valence-corrected chi connectivity index (χ0v) is 19.3. The van der Waals surface area contributed by atoms with Crippen LogP contribution in [0.15, 0.2) is 132 Å². The van der Waals surface area contributed by atoms with Gasteiger partial charge in [0.05, 0.1) is 0 Å². The van der Waals surface area contributed by atoms with Crippen LogP contribution >= 0.6 is 0 Å². The second-order valence-electron chi connectivity index (χ2n) is 7.39. The van der Waals surface area contributed by atoms with E-state index in [0.717, 1.165) is 21.1 Å². The summed E-state index contributed by atoms with van der Waals surface area (Å²) < 4.78 is 11.2. The van der Waals surface area contributed by atoms with E-state index >= 15 is 0 Å². The van der Waals surface area contributed by atoms with E-state index in [9.17, 15) is 9.59 Å². The highest BCUT2D eigenvalue weighted by Crippen LogP contribution is 2.11. The zero-order valence-electron chi connectivity index (χ0n) is 18.3. The minimum atomic E-state index is -3.29. The topological polar surface area (TPSA) is 77.3 Å². The lowest BCUT2D eigenvalue weighted by atomic mass is 10.2. The number of amides is 2. The summed E-state index contributed by atoms with van der Waals surface area (Å²) in [6.45, 7) is 0.0322. The molecular weight excluding hydrogens is 444 g/mol. The maximum absolute atomic E-state index is 12.9. The van der Waals surface area contributed by atoms with Crippen molar-refractivity contribution in [3.8, 4) is 0 Å². The molecule has 6 nitrogen and oxygen atoms in total. The fourth-order valence-corrected chi connectivity index (χ4v) is 7.32. The molecule has 0 spiro atoms. The van der Waals surface area contributed by atoms with Crippen molar-refractivity contribution in [3.63, 3.8) is 0 Å². The minimum Gasteiger partial charge on any atom is -0.487 e. The van der Waals surface area contributed by atoms with Gasteiger partial charge in [-0.3, -0.25) is 0 Å². The largest absolute Gasteiger partial charge is 0.487 e. The Hall–Kier alpha value is -4.36. The lowest BCUT2D eigenvalue weighted by Crippen LogP contribution is -2.69. The maximum atomic E-state index is 12.9. The number of azo groups is 1. The van der Waals surface area contributed by atoms with Crippen molar-refractivity contribution in [2.24, 2.45) is 10.2 Å². The van der Waals surface area contributed by atoms with E-state index in [2.05, 4.69) is 10.2 Å². The molecule has 0 fully saturated rings. The van der Waals surface area contributed by atoms with Gasteiger partial charge in [0, 0.05) is 0 Å². The Labute approximate surface area is 198 Å². The van der Waals surface area contributed by atoms with Gasteiger partial charge >= 0.3 is 20.5 Å². The van der Waals surface area contributed by atoms with Crippen LogP contribution < -0.4 is 15.6 Å². The number of benzene rings is 4. The van der Waals surface area contributed by atoms with E-state index in [-0.39, 0.29) is 6.61 Å². The molecule has 7 heteroatoms. The molecule has 0 N–H and O–H groups in total. The molecule has 4 aromatic rings. The van der Waals surface area contributed by atoms with Crippen LogP contribution in [0.5, 0.6) is 0 Å². The lowest BCUT2D eigenvalue weighted by Gasteiger charge is -2.31. The van der Waals surface area contributed by atoms with Crippen LogP contribution in [-0.4, -0.2) is 20.5 Å². The van der Waals surface area contributed by atoms with E-state index in [1.807, 2.05) is 121 Å². The van der Waals surface area contributed by atoms with E-state index in [0.29, 0.717) is 0 Å². The Bertz CT molecular complexity index is 1150. The molecule has 0 aliphatic rings. The van der Waals surface area contributed by atoms with Crippen molar-refractivity contribution < 1.29 is 18.8 Å². The Morgan fingerprint density at radius 2 is 0.941 bits per heavy atom. The van der Waals surface area contributed by atoms with Crippen LogP contribution in [-0.2, 0) is 15.8 Å². The number of carbonyl (C=O) groups excluding carboxylic acids is 2. The smallest absolute Gasteiger partial charge is 0.452 e. The Morgan fingerprint density at radius 3 is 1.38 bits per heavy atom. The van der Waals surface area contributed by atoms with Crippen LogP contribution in [0.25, 0.3) is 0 Å². The molecule has 0 heterocycles. The van der Waals surface area contributed by atoms with Crippen molar-refractivity contribution in [1.29, 1.82) is 0 Å². The second kappa shape index (κ2) is 11.0. The quantitative estimate of drug-likeness (QED) is 0.237. The highest BCUT2D eigenvalue weighted by atomic mass is 28.4. The normalized spacial score (nSPS) is 11.2. The first-order valence-electron chi connectivity index (χ1n) is 10.7. The fourth-order valence-electron chi connectivity index (χ4n) is 3.68. The third kappa shape index (κ3) is 5.33. The Morgan fingerprint density at radius 1 is 0.559 bits per heavy atom. The highest BCUT2D eigenvalue weighted by Gasteiger charge is 2.45. The van der Waals surface area contributed by atoms with E-state index in [1.165, 1.54) is 0 Å². The predicted octanol–water partition coefficient (Wildman–Crippen LogP) is 4.58. The van der Waals surface area contributed by atoms with Gasteiger partial charge < -0.3 is 9.16 Å². The van der Waals surface area contributed by atoms with Gasteiger partial charge in [-0.25, -0.2) is 9.59 Å². The molecule has 0 aliphatic carbocycles. The van der Waals surface area contributed by atoms with Crippen LogP contribution in [0, 0.1) is 0 Å². The van der Waals surface area contributed by atoms with Gasteiger partial charge in [-0.15, -0.1) is 0 Å². The van der Waals surface area contributed by atoms with Crippen molar-refractivity contribution in [1.82, 2.24) is 0 Å². The van der Waals surface area contributed by atoms with Gasteiger partial charge in [-0.2, -0.15) is 0 Å². The first-order chi connectivity index (χ1) is 16.7. The molecule has 0 saturated heterocycles. The van der Waals surface area contributed by atoms with Gasteiger partial charge in [0.2, 0.25) is 0 Å². The third-order valence-corrected chi connectivity index (χ3v) is 9.12. The summed E-state index contributed by atoms with van der Waals surface area (Å²) >= 11 is 0. The lowest BCUT2D eigenvalue weighted by molar-refractivity contribution is 0.148. The first kappa shape index (κ1) is 22.8. The van der Waals surface area contributed by atoms with Crippen molar-refractivity contribution in [3.05, 3.63) is 127 Å². The van der Waals surface area contributed by atoms with Crippen molar-refractivity contribution in [2.45, 2.75) is 6.61 Å². The second-order valence-corrected chi connectivity index (χ2v) is 10.7. The summed E-state index contributed by atoms with van der Waals surface area (Å²) in [5.74, 6) is 0. The fraction of sp³-hybridized carbons (Fsp3) is 0.0370. The summed E-state index contributed by atoms with van der Waals surface area (Å²) in [5, 5.41) is 9.53. The summed E-state index contributed by atoms with van der Waals surface area (Å²) in [6, 6.07) is 37.9. The van der Waals surface area contributed by atoms with Gasteiger partial charge in [-0.05, 0) is 21.1 Å². The van der Waals surface area contributed by atoms with Gasteiger partial charge in [0.1, 0.15) is 6.61 Å². The van der Waals surface area contributed by atoms with E-state index in [4.69, 9.17) is 9.16 Å². The van der Waals surface area contributed by atoms with Crippen molar-refractivity contribution in [2.75, 3.05) is 0 Å². The van der Waals surface area contributed by atoms with Crippen LogP contribution in [0.3, 0.4) is 0 Å². The average molecular weight is 467 g/mol. The molecule has 0 bridgehead atoms. The predicted molar refractivity (Wildman–Crippen MR) is 132 cm³/mol. The number of rotatable bonds is 6. The van der Waals surface area contributed by atoms with Gasteiger partial charge in [-0.1, -0.05) is 132 Å². The summed E-state index contributed by atoms with van der Waals surface area (Å²) in [5.41, 5.74) is 0.803. The summed E-state index contributed by atoms with van der Waals surface area (Å²) in [7, 11) is -3.29. The van der Waals surface area contributed by atoms with Gasteiger partial charge in [0.15, 0.2) is 0 Å². The molecule has 4 aromatic carbocycles. The van der Waals surface area contributed by atoms with E-state index < -0.39 is 20.5 Å². The molecule has 34 heavy (non-hydrogen) atoms. The van der Waals surface area contributed by atoms with Crippen LogP contribution in [0.1, 0.15) is 5.56 Å². The number of carbonyl (C=O) groups is 2. The molecule has 0 unspecified atom stereocenters. The Balaban J connectivity index is 1.63. The molecule has 4 rings (SSSR count). The molecule has 0 radical (unpaired) electrons. The van der Waals surface area contributed by atoms with E-state index in [1.54, 1.807) is 0 Å². The maximum Gasteiger partial charge on any atom is 0.452 e. The molecule has 0 aromatic heterocycles. The zero-order chi connectivity index (χ0) is 23.6. The number of hydrogen-bond donors (Lipinski definition) is 0. The molecule has 0 aliphatic heterocycles. The monoisotopic (exact) mass is 466 g/mol. The molecular formula is C27H22N2O4Si. The van der Waals surface area contributed by atoms with Crippen molar-refractivity contribution >= 4 is 36.1 Å². The SMILES string of the molecule is O=C(N=NC(=O)O[Si](c1ccccc1)(c1ccccc1)c1ccccc1)OCc1ccccc1.